The van der Waals surface area contributed by atoms with E-state index in [9.17, 15) is 24.4 Å². The molecule has 0 aromatic heterocycles. The van der Waals surface area contributed by atoms with E-state index in [2.05, 4.69) is 4.52 Å². The van der Waals surface area contributed by atoms with Gasteiger partial charge >= 0.3 is 7.82 Å². The second-order valence-corrected chi connectivity index (χ2v) is 11.6. The second-order valence-electron chi connectivity index (χ2n) is 10.4. The van der Waals surface area contributed by atoms with Crippen LogP contribution in [-0.4, -0.2) is 55.5 Å². The van der Waals surface area contributed by atoms with Gasteiger partial charge in [0.05, 0.1) is 6.10 Å². The standard InChI is InChI=1S/C22H30FO8P/c1-12-8-16-15-5-4-13-9-14(24)6-7-19(13,2)21(15,23)17(25)10-20(16,3)22(12,27)18(26)11-31-32(28,29)30/h6-7,9,12,15-17,25,27H,4-5,8,10-11H2,1-3H3,(H2,28,29,30)/t12-,15-,16-,17-,19-,20-,21?,22-/m0/s1. The van der Waals surface area contributed by atoms with Crippen molar-refractivity contribution < 1.29 is 43.1 Å². The van der Waals surface area contributed by atoms with E-state index in [1.807, 2.05) is 0 Å². The van der Waals surface area contributed by atoms with Gasteiger partial charge in [0.15, 0.2) is 17.2 Å². The third kappa shape index (κ3) is 2.95. The highest BCUT2D eigenvalue weighted by Gasteiger charge is 2.75. The first-order valence-electron chi connectivity index (χ1n) is 10.9. The molecule has 1 unspecified atom stereocenters. The molecular formula is C22H30FO8P. The van der Waals surface area contributed by atoms with E-state index in [4.69, 9.17) is 9.79 Å². The van der Waals surface area contributed by atoms with Gasteiger partial charge in [-0.05, 0) is 56.6 Å². The number of aliphatic hydroxyl groups excluding tert-OH is 1. The number of phosphoric ester groups is 1. The summed E-state index contributed by atoms with van der Waals surface area (Å²) in [4.78, 5) is 42.8. The van der Waals surface area contributed by atoms with Gasteiger partial charge in [0.1, 0.15) is 12.2 Å². The Hall–Kier alpha value is -1.22. The van der Waals surface area contributed by atoms with Crippen molar-refractivity contribution in [3.63, 3.8) is 0 Å². The Bertz CT molecular complexity index is 973. The number of allylic oxidation sites excluding steroid dienone is 4. The van der Waals surface area contributed by atoms with Crippen LogP contribution >= 0.6 is 7.82 Å². The molecule has 0 bridgehead atoms. The number of alkyl halides is 1. The zero-order valence-electron chi connectivity index (χ0n) is 18.3. The lowest BCUT2D eigenvalue weighted by atomic mass is 9.44. The maximum atomic E-state index is 17.0. The fourth-order valence-electron chi connectivity index (χ4n) is 7.39. The number of fused-ring (bicyclic) bond motifs is 5. The maximum absolute atomic E-state index is 17.0. The fourth-order valence-corrected chi connectivity index (χ4v) is 7.68. The molecule has 32 heavy (non-hydrogen) atoms. The second kappa shape index (κ2) is 7.14. The highest BCUT2D eigenvalue weighted by atomic mass is 31.2. The third-order valence-electron chi connectivity index (χ3n) is 9.01. The number of ketones is 2. The number of halogens is 1. The molecular weight excluding hydrogens is 442 g/mol. The number of carbonyl (C=O) groups is 2. The topological polar surface area (TPSA) is 141 Å². The van der Waals surface area contributed by atoms with E-state index >= 15 is 4.39 Å². The minimum Gasteiger partial charge on any atom is -0.390 e. The summed E-state index contributed by atoms with van der Waals surface area (Å²) in [7, 11) is -4.93. The zero-order valence-corrected chi connectivity index (χ0v) is 19.2. The lowest BCUT2D eigenvalue weighted by Crippen LogP contribution is -2.69. The van der Waals surface area contributed by atoms with Gasteiger partial charge in [-0.3, -0.25) is 14.1 Å². The summed E-state index contributed by atoms with van der Waals surface area (Å²) in [6.07, 6.45) is 3.70. The van der Waals surface area contributed by atoms with Crippen LogP contribution in [0.15, 0.2) is 23.8 Å². The van der Waals surface area contributed by atoms with Gasteiger partial charge in [-0.2, -0.15) is 0 Å². The molecule has 0 radical (unpaired) electrons. The van der Waals surface area contributed by atoms with E-state index in [1.54, 1.807) is 20.8 Å². The van der Waals surface area contributed by atoms with Gasteiger partial charge in [0.25, 0.3) is 0 Å². The van der Waals surface area contributed by atoms with E-state index < -0.39 is 66.2 Å². The predicted molar refractivity (Wildman–Crippen MR) is 111 cm³/mol. The quantitative estimate of drug-likeness (QED) is 0.456. The molecule has 4 rings (SSSR count). The van der Waals surface area contributed by atoms with Crippen LogP contribution in [0.4, 0.5) is 4.39 Å². The van der Waals surface area contributed by atoms with Crippen LogP contribution in [0.5, 0.6) is 0 Å². The molecule has 0 amide bonds. The normalized spacial score (nSPS) is 48.0. The number of aliphatic hydroxyl groups is 2. The number of rotatable bonds is 4. The number of carbonyl (C=O) groups excluding carboxylic acids is 2. The Kier molecular flexibility index (Phi) is 5.34. The number of hydrogen-bond acceptors (Lipinski definition) is 6. The van der Waals surface area contributed by atoms with Crippen LogP contribution in [0, 0.1) is 28.6 Å². The highest BCUT2D eigenvalue weighted by Crippen LogP contribution is 2.70. The molecule has 0 saturated heterocycles. The Morgan fingerprint density at radius 1 is 1.31 bits per heavy atom. The summed E-state index contributed by atoms with van der Waals surface area (Å²) < 4.78 is 32.5. The summed E-state index contributed by atoms with van der Waals surface area (Å²) in [6.45, 7) is 4.00. The first-order valence-corrected chi connectivity index (χ1v) is 12.4. The van der Waals surface area contributed by atoms with Crippen LogP contribution in [0.3, 0.4) is 0 Å². The first kappa shape index (κ1) is 23.9. The molecule has 10 heteroatoms. The predicted octanol–water partition coefficient (Wildman–Crippen LogP) is 2.01. The van der Waals surface area contributed by atoms with Gasteiger partial charge in [-0.1, -0.05) is 25.5 Å². The number of Topliss-reactive ketones (excluding diaryl/α,β-unsaturated/α-hetero) is 1. The number of phosphoric acid groups is 1. The molecule has 3 fully saturated rings. The molecule has 0 aliphatic heterocycles. The first-order chi connectivity index (χ1) is 14.6. The molecule has 0 heterocycles. The van der Waals surface area contributed by atoms with Gasteiger partial charge in [-0.15, -0.1) is 0 Å². The average Bonchev–Trinajstić information content (AvgIpc) is 2.89. The zero-order chi connectivity index (χ0) is 23.9. The number of hydrogen-bond donors (Lipinski definition) is 4. The average molecular weight is 472 g/mol. The van der Waals surface area contributed by atoms with Crippen LogP contribution in [-0.2, 0) is 18.7 Å². The van der Waals surface area contributed by atoms with Crippen LogP contribution < -0.4 is 0 Å². The Morgan fingerprint density at radius 2 is 1.97 bits per heavy atom. The van der Waals surface area contributed by atoms with Crippen molar-refractivity contribution in [2.45, 2.75) is 63.8 Å². The summed E-state index contributed by atoms with van der Waals surface area (Å²) in [5.41, 5.74) is -5.88. The Labute approximate surface area is 185 Å². The van der Waals surface area contributed by atoms with Crippen molar-refractivity contribution in [1.29, 1.82) is 0 Å². The molecule has 0 aromatic rings. The van der Waals surface area contributed by atoms with Crippen molar-refractivity contribution in [2.75, 3.05) is 6.61 Å². The Morgan fingerprint density at radius 3 is 2.59 bits per heavy atom. The van der Waals surface area contributed by atoms with Crippen LogP contribution in [0.1, 0.15) is 46.5 Å². The molecule has 4 aliphatic carbocycles. The summed E-state index contributed by atoms with van der Waals surface area (Å²) in [5, 5.41) is 22.8. The minimum absolute atomic E-state index is 0.211. The minimum atomic E-state index is -4.93. The maximum Gasteiger partial charge on any atom is 0.470 e. The van der Waals surface area contributed by atoms with Gasteiger partial charge in [0, 0.05) is 16.7 Å². The summed E-state index contributed by atoms with van der Waals surface area (Å²) in [5.74, 6) is -2.87. The lowest BCUT2D eigenvalue weighted by molar-refractivity contribution is -0.219. The van der Waals surface area contributed by atoms with E-state index in [1.165, 1.54) is 18.2 Å². The molecule has 3 saturated carbocycles. The van der Waals surface area contributed by atoms with Crippen molar-refractivity contribution in [3.8, 4) is 0 Å². The third-order valence-corrected chi connectivity index (χ3v) is 9.48. The van der Waals surface area contributed by atoms with Crippen LogP contribution in [0.25, 0.3) is 0 Å². The summed E-state index contributed by atoms with van der Waals surface area (Å²) >= 11 is 0. The SMILES string of the molecule is C[C@H]1C[C@H]2[C@@H]3CCC4=CC(=O)C=C[C@]4(C)C3(F)[C@@H](O)C[C@]2(C)[C@@]1(O)C(=O)COP(=O)(O)O. The van der Waals surface area contributed by atoms with Gasteiger partial charge < -0.3 is 20.0 Å². The Balaban J connectivity index is 1.74. The van der Waals surface area contributed by atoms with Gasteiger partial charge in [-0.25, -0.2) is 8.96 Å². The van der Waals surface area contributed by atoms with Crippen LogP contribution in [0.2, 0.25) is 0 Å². The lowest BCUT2D eigenvalue weighted by Gasteiger charge is -2.62. The molecule has 0 aromatic carbocycles. The molecule has 4 N–H and O–H groups in total. The molecule has 4 aliphatic rings. The molecule has 0 spiro atoms. The highest BCUT2D eigenvalue weighted by molar-refractivity contribution is 7.46. The monoisotopic (exact) mass is 472 g/mol. The van der Waals surface area contributed by atoms with Gasteiger partial charge in [0.2, 0.25) is 0 Å². The van der Waals surface area contributed by atoms with Crippen molar-refractivity contribution in [3.05, 3.63) is 23.8 Å². The van der Waals surface area contributed by atoms with E-state index in [0.29, 0.717) is 24.8 Å². The van der Waals surface area contributed by atoms with Crippen molar-refractivity contribution >= 4 is 19.4 Å². The smallest absolute Gasteiger partial charge is 0.390 e. The fraction of sp³-hybridized carbons (Fsp3) is 0.727. The van der Waals surface area contributed by atoms with E-state index in [-0.39, 0.29) is 12.2 Å². The van der Waals surface area contributed by atoms with Crippen molar-refractivity contribution in [2.24, 2.45) is 28.6 Å². The molecule has 178 valence electrons. The largest absolute Gasteiger partial charge is 0.470 e. The molecule has 8 atom stereocenters. The molecule has 8 nitrogen and oxygen atoms in total. The summed E-state index contributed by atoms with van der Waals surface area (Å²) in [6, 6.07) is 0. The van der Waals surface area contributed by atoms with Crippen molar-refractivity contribution in [1.82, 2.24) is 0 Å². The van der Waals surface area contributed by atoms with E-state index in [0.717, 1.165) is 0 Å².